The van der Waals surface area contributed by atoms with Crippen LogP contribution in [0.1, 0.15) is 44.6 Å². The molecule has 1 aromatic rings. The summed E-state index contributed by atoms with van der Waals surface area (Å²) < 4.78 is 71.4. The van der Waals surface area contributed by atoms with Crippen molar-refractivity contribution in [3.05, 3.63) is 17.5 Å². The quantitative estimate of drug-likeness (QED) is 0.777. The van der Waals surface area contributed by atoms with Gasteiger partial charge in [-0.2, -0.15) is 27.1 Å². The second-order valence-corrected chi connectivity index (χ2v) is 6.20. The van der Waals surface area contributed by atoms with Crippen molar-refractivity contribution < 1.29 is 26.7 Å². The Morgan fingerprint density at radius 1 is 1.19 bits per heavy atom. The summed E-state index contributed by atoms with van der Waals surface area (Å²) in [6.45, 7) is 5.54. The first-order valence-electron chi connectivity index (χ1n) is 6.57. The van der Waals surface area contributed by atoms with Gasteiger partial charge in [-0.3, -0.25) is 4.68 Å². The van der Waals surface area contributed by atoms with E-state index < -0.39 is 29.2 Å². The van der Waals surface area contributed by atoms with E-state index in [1.165, 1.54) is 0 Å². The summed E-state index contributed by atoms with van der Waals surface area (Å²) >= 11 is 0. The van der Waals surface area contributed by atoms with Gasteiger partial charge in [0.2, 0.25) is 0 Å². The molecule has 2 heterocycles. The second kappa shape index (κ2) is 4.93. The van der Waals surface area contributed by atoms with Gasteiger partial charge in [-0.25, -0.2) is 0 Å². The highest BCUT2D eigenvalue weighted by Gasteiger charge is 2.61. The first-order valence-corrected chi connectivity index (χ1v) is 6.57. The van der Waals surface area contributed by atoms with Gasteiger partial charge in [0.25, 0.3) is 0 Å². The van der Waals surface area contributed by atoms with Crippen molar-refractivity contribution in [1.29, 1.82) is 0 Å². The normalized spacial score (nSPS) is 21.0. The van der Waals surface area contributed by atoms with Crippen LogP contribution in [0.4, 0.5) is 22.0 Å². The maximum Gasteiger partial charge on any atom is 0.459 e. The van der Waals surface area contributed by atoms with Crippen LogP contribution in [-0.4, -0.2) is 29.2 Å². The summed E-state index contributed by atoms with van der Waals surface area (Å²) in [5, 5.41) is 4.00. The van der Waals surface area contributed by atoms with E-state index >= 15 is 0 Å². The van der Waals surface area contributed by atoms with Crippen molar-refractivity contribution in [2.45, 2.75) is 50.7 Å². The largest absolute Gasteiger partial charge is 0.459 e. The average molecular weight is 312 g/mol. The number of halogens is 5. The highest BCUT2D eigenvalue weighted by atomic mass is 19.4. The number of aromatic nitrogens is 2. The lowest BCUT2D eigenvalue weighted by molar-refractivity contribution is -0.292. The average Bonchev–Trinajstić information content (AvgIpc) is 2.95. The molecule has 1 atom stereocenters. The minimum atomic E-state index is -5.65. The number of ether oxygens (including phenoxy) is 1. The van der Waals surface area contributed by atoms with Crippen molar-refractivity contribution in [2.75, 3.05) is 13.2 Å². The fourth-order valence-electron chi connectivity index (χ4n) is 2.13. The van der Waals surface area contributed by atoms with Crippen LogP contribution in [0.2, 0.25) is 0 Å². The summed E-state index contributed by atoms with van der Waals surface area (Å²) in [7, 11) is 0. The van der Waals surface area contributed by atoms with Crippen LogP contribution in [0.15, 0.2) is 6.07 Å². The van der Waals surface area contributed by atoms with Gasteiger partial charge in [-0.05, 0) is 12.5 Å². The Bertz CT molecular complexity index is 510. The van der Waals surface area contributed by atoms with Gasteiger partial charge < -0.3 is 4.74 Å². The minimum Gasteiger partial charge on any atom is -0.379 e. The van der Waals surface area contributed by atoms with Crippen molar-refractivity contribution in [3.63, 3.8) is 0 Å². The molecule has 0 amide bonds. The molecule has 1 aliphatic heterocycles. The Morgan fingerprint density at radius 3 is 2.24 bits per heavy atom. The van der Waals surface area contributed by atoms with E-state index in [-0.39, 0.29) is 12.3 Å². The van der Waals surface area contributed by atoms with Crippen LogP contribution in [0, 0.1) is 0 Å². The summed E-state index contributed by atoms with van der Waals surface area (Å²) in [5.74, 6) is -4.94. The van der Waals surface area contributed by atoms with Gasteiger partial charge in [0.1, 0.15) is 5.69 Å². The number of alkyl halides is 5. The molecule has 0 saturated carbocycles. The predicted molar refractivity (Wildman–Crippen MR) is 65.3 cm³/mol. The fraction of sp³-hybridized carbons (Fsp3) is 0.769. The maximum atomic E-state index is 13.8. The Balaban J connectivity index is 2.55. The molecule has 2 rings (SSSR count). The Hall–Kier alpha value is -1.18. The summed E-state index contributed by atoms with van der Waals surface area (Å²) in [6.07, 6.45) is -5.29. The molecular formula is C13H17F5N2O. The second-order valence-electron chi connectivity index (χ2n) is 6.20. The third-order valence-corrected chi connectivity index (χ3v) is 3.43. The molecular weight excluding hydrogens is 295 g/mol. The van der Waals surface area contributed by atoms with E-state index in [0.29, 0.717) is 13.0 Å². The number of rotatable bonds is 2. The molecule has 1 saturated heterocycles. The Labute approximate surface area is 119 Å². The minimum absolute atomic E-state index is 0.0895. The molecule has 1 unspecified atom stereocenters. The van der Waals surface area contributed by atoms with Crippen LogP contribution in [0.5, 0.6) is 0 Å². The van der Waals surface area contributed by atoms with Gasteiger partial charge >= 0.3 is 12.1 Å². The summed E-state index contributed by atoms with van der Waals surface area (Å²) in [4.78, 5) is 0. The lowest BCUT2D eigenvalue weighted by Gasteiger charge is -2.22. The molecule has 1 aromatic heterocycles. The molecule has 0 N–H and O–H groups in total. The zero-order valence-corrected chi connectivity index (χ0v) is 12.0. The van der Waals surface area contributed by atoms with E-state index in [9.17, 15) is 22.0 Å². The van der Waals surface area contributed by atoms with E-state index in [4.69, 9.17) is 4.74 Å². The van der Waals surface area contributed by atoms with E-state index in [2.05, 4.69) is 5.10 Å². The smallest absolute Gasteiger partial charge is 0.379 e. The SMILES string of the molecule is CC(C)(C)c1cc(C(F)(F)C(F)(F)F)n(C2CCOC2)n1. The van der Waals surface area contributed by atoms with Gasteiger partial charge in [0.05, 0.1) is 18.3 Å². The number of hydrogen-bond acceptors (Lipinski definition) is 2. The molecule has 1 fully saturated rings. The molecule has 0 bridgehead atoms. The fourth-order valence-corrected chi connectivity index (χ4v) is 2.13. The standard InChI is InChI=1S/C13H17F5N2O/c1-11(2,3)9-6-10(12(14,15)13(16,17)18)20(19-9)8-4-5-21-7-8/h6,8H,4-5,7H2,1-3H3. The number of hydrogen-bond donors (Lipinski definition) is 0. The highest BCUT2D eigenvalue weighted by Crippen LogP contribution is 2.45. The van der Waals surface area contributed by atoms with Crippen LogP contribution >= 0.6 is 0 Å². The molecule has 21 heavy (non-hydrogen) atoms. The maximum absolute atomic E-state index is 13.8. The predicted octanol–water partition coefficient (Wildman–Crippen LogP) is 3.80. The summed E-state index contributed by atoms with van der Waals surface area (Å²) in [6, 6.07) is 0.260. The lowest BCUT2D eigenvalue weighted by atomic mass is 9.92. The van der Waals surface area contributed by atoms with Crippen LogP contribution < -0.4 is 0 Å². The van der Waals surface area contributed by atoms with E-state index in [0.717, 1.165) is 10.7 Å². The van der Waals surface area contributed by atoms with Crippen LogP contribution in [-0.2, 0) is 16.1 Å². The van der Waals surface area contributed by atoms with E-state index in [1.54, 1.807) is 20.8 Å². The molecule has 0 aromatic carbocycles. The highest BCUT2D eigenvalue weighted by molar-refractivity contribution is 5.23. The molecule has 8 heteroatoms. The van der Waals surface area contributed by atoms with Crippen LogP contribution in [0.25, 0.3) is 0 Å². The molecule has 0 spiro atoms. The zero-order chi connectivity index (χ0) is 16.1. The third kappa shape index (κ3) is 2.90. The molecule has 120 valence electrons. The Kier molecular flexibility index (Phi) is 3.80. The van der Waals surface area contributed by atoms with Crippen molar-refractivity contribution in [3.8, 4) is 0 Å². The van der Waals surface area contributed by atoms with Gasteiger partial charge in [0.15, 0.2) is 0 Å². The van der Waals surface area contributed by atoms with Gasteiger partial charge in [0, 0.05) is 12.0 Å². The third-order valence-electron chi connectivity index (χ3n) is 3.43. The molecule has 3 nitrogen and oxygen atoms in total. The van der Waals surface area contributed by atoms with E-state index in [1.807, 2.05) is 0 Å². The molecule has 0 aliphatic carbocycles. The topological polar surface area (TPSA) is 27.1 Å². The molecule has 0 radical (unpaired) electrons. The first kappa shape index (κ1) is 16.2. The van der Waals surface area contributed by atoms with Gasteiger partial charge in [-0.15, -0.1) is 0 Å². The van der Waals surface area contributed by atoms with Crippen molar-refractivity contribution in [2.24, 2.45) is 0 Å². The van der Waals surface area contributed by atoms with Gasteiger partial charge in [-0.1, -0.05) is 20.8 Å². The van der Waals surface area contributed by atoms with Crippen molar-refractivity contribution >= 4 is 0 Å². The lowest BCUT2D eigenvalue weighted by Crippen LogP contribution is -2.36. The molecule has 1 aliphatic rings. The first-order chi connectivity index (χ1) is 9.44. The summed E-state index contributed by atoms with van der Waals surface area (Å²) in [5.41, 5.74) is -1.54. The number of nitrogens with zero attached hydrogens (tertiary/aromatic N) is 2. The van der Waals surface area contributed by atoms with Crippen molar-refractivity contribution in [1.82, 2.24) is 9.78 Å². The Morgan fingerprint density at radius 2 is 1.81 bits per heavy atom. The zero-order valence-electron chi connectivity index (χ0n) is 12.0. The monoisotopic (exact) mass is 312 g/mol. The van der Waals surface area contributed by atoms with Crippen LogP contribution in [0.3, 0.4) is 0 Å².